The lowest BCUT2D eigenvalue weighted by atomic mass is 10.2. The van der Waals surface area contributed by atoms with E-state index in [4.69, 9.17) is 0 Å². The Hall–Kier alpha value is -1.50. The first-order chi connectivity index (χ1) is 9.81. The van der Waals surface area contributed by atoms with Gasteiger partial charge in [-0.2, -0.15) is 13.2 Å². The molecule has 0 aliphatic carbocycles. The van der Waals surface area contributed by atoms with Crippen LogP contribution in [-0.4, -0.2) is 49.7 Å². The number of nitrogens with one attached hydrogen (secondary N) is 1. The highest BCUT2D eigenvalue weighted by molar-refractivity contribution is 5.52. The fourth-order valence-corrected chi connectivity index (χ4v) is 2.48. The maximum Gasteiger partial charge on any atom is 0.416 e. The van der Waals surface area contributed by atoms with Crippen LogP contribution in [0.25, 0.3) is 0 Å². The number of rotatable bonds is 4. The number of aromatic nitrogens is 1. The third-order valence-electron chi connectivity index (χ3n) is 3.71. The minimum atomic E-state index is -4.36. The zero-order valence-electron chi connectivity index (χ0n) is 12.5. The molecule has 1 aliphatic heterocycles. The highest BCUT2D eigenvalue weighted by Crippen LogP contribution is 2.33. The third kappa shape index (κ3) is 3.78. The average Bonchev–Trinajstić information content (AvgIpc) is 2.87. The predicted octanol–water partition coefficient (Wildman–Crippen LogP) is 2.67. The van der Waals surface area contributed by atoms with E-state index in [1.165, 1.54) is 0 Å². The first kappa shape index (κ1) is 15.9. The van der Waals surface area contributed by atoms with E-state index in [1.807, 2.05) is 25.9 Å². The van der Waals surface area contributed by atoms with Crippen LogP contribution in [0.15, 0.2) is 12.1 Å². The summed E-state index contributed by atoms with van der Waals surface area (Å²) in [5, 5.41) is 2.87. The summed E-state index contributed by atoms with van der Waals surface area (Å²) < 4.78 is 39.0. The normalized spacial score (nSPS) is 19.4. The molecular weight excluding hydrogens is 281 g/mol. The van der Waals surface area contributed by atoms with Crippen LogP contribution >= 0.6 is 0 Å². The molecule has 1 unspecified atom stereocenters. The lowest BCUT2D eigenvalue weighted by Crippen LogP contribution is -2.31. The van der Waals surface area contributed by atoms with E-state index in [9.17, 15) is 13.2 Å². The Balaban J connectivity index is 2.28. The highest BCUT2D eigenvalue weighted by atomic mass is 19.4. The van der Waals surface area contributed by atoms with E-state index in [0.717, 1.165) is 25.1 Å². The minimum absolute atomic E-state index is 0.274. The topological polar surface area (TPSA) is 31.4 Å². The Morgan fingerprint density at radius 2 is 2.10 bits per heavy atom. The Morgan fingerprint density at radius 1 is 1.38 bits per heavy atom. The van der Waals surface area contributed by atoms with Crippen LogP contribution in [0.3, 0.4) is 0 Å². The Labute approximate surface area is 122 Å². The molecule has 2 heterocycles. The zero-order valence-corrected chi connectivity index (χ0v) is 12.5. The van der Waals surface area contributed by atoms with E-state index in [-0.39, 0.29) is 5.82 Å². The molecule has 2 rings (SSSR count). The SMILES string of the molecule is CCNc1cc(C(F)(F)F)cc(N2CCC(N(C)C)C2)n1. The number of anilines is 2. The monoisotopic (exact) mass is 302 g/mol. The van der Waals surface area contributed by atoms with Crippen LogP contribution in [0.1, 0.15) is 18.9 Å². The van der Waals surface area contributed by atoms with Gasteiger partial charge < -0.3 is 15.1 Å². The van der Waals surface area contributed by atoms with E-state index < -0.39 is 11.7 Å². The fourth-order valence-electron chi connectivity index (χ4n) is 2.48. The van der Waals surface area contributed by atoms with Crippen molar-refractivity contribution in [1.29, 1.82) is 0 Å². The van der Waals surface area contributed by atoms with Crippen molar-refractivity contribution < 1.29 is 13.2 Å². The van der Waals surface area contributed by atoms with Gasteiger partial charge >= 0.3 is 6.18 Å². The Morgan fingerprint density at radius 3 is 2.62 bits per heavy atom. The van der Waals surface area contributed by atoms with Gasteiger partial charge in [-0.05, 0) is 39.6 Å². The molecule has 1 atom stereocenters. The molecule has 7 heteroatoms. The molecule has 0 aromatic carbocycles. The fraction of sp³-hybridized carbons (Fsp3) is 0.643. The molecule has 1 saturated heterocycles. The van der Waals surface area contributed by atoms with Crippen LogP contribution in [0.2, 0.25) is 0 Å². The molecule has 1 fully saturated rings. The smallest absolute Gasteiger partial charge is 0.370 e. The molecule has 1 N–H and O–H groups in total. The number of pyridine rings is 1. The summed E-state index contributed by atoms with van der Waals surface area (Å²) in [4.78, 5) is 8.32. The second-order valence-electron chi connectivity index (χ2n) is 5.48. The van der Waals surface area contributed by atoms with Crippen molar-refractivity contribution in [2.45, 2.75) is 25.6 Å². The third-order valence-corrected chi connectivity index (χ3v) is 3.71. The molecule has 4 nitrogen and oxygen atoms in total. The summed E-state index contributed by atoms with van der Waals surface area (Å²) in [5.74, 6) is 0.667. The number of likely N-dealkylation sites (N-methyl/N-ethyl adjacent to an activating group) is 1. The van der Waals surface area contributed by atoms with Crippen molar-refractivity contribution in [3.63, 3.8) is 0 Å². The number of hydrogen-bond donors (Lipinski definition) is 1. The van der Waals surface area contributed by atoms with Gasteiger partial charge in [0.1, 0.15) is 11.6 Å². The van der Waals surface area contributed by atoms with E-state index in [1.54, 1.807) is 0 Å². The largest absolute Gasteiger partial charge is 0.416 e. The van der Waals surface area contributed by atoms with Gasteiger partial charge in [0.05, 0.1) is 5.56 Å². The molecular formula is C14H21F3N4. The van der Waals surface area contributed by atoms with Crippen LogP contribution in [0.5, 0.6) is 0 Å². The van der Waals surface area contributed by atoms with Gasteiger partial charge in [-0.1, -0.05) is 0 Å². The predicted molar refractivity (Wildman–Crippen MR) is 77.7 cm³/mol. The van der Waals surface area contributed by atoms with Gasteiger partial charge in [0.15, 0.2) is 0 Å². The van der Waals surface area contributed by atoms with E-state index in [0.29, 0.717) is 24.9 Å². The van der Waals surface area contributed by atoms with Crippen LogP contribution in [-0.2, 0) is 6.18 Å². The average molecular weight is 302 g/mol. The molecule has 0 amide bonds. The maximum absolute atomic E-state index is 13.0. The summed E-state index contributed by atoms with van der Waals surface area (Å²) in [6, 6.07) is 2.55. The van der Waals surface area contributed by atoms with Crippen LogP contribution in [0.4, 0.5) is 24.8 Å². The molecule has 118 valence electrons. The van der Waals surface area contributed by atoms with Crippen molar-refractivity contribution in [2.24, 2.45) is 0 Å². The number of nitrogens with zero attached hydrogens (tertiary/aromatic N) is 3. The van der Waals surface area contributed by atoms with Gasteiger partial charge in [0.2, 0.25) is 0 Å². The lowest BCUT2D eigenvalue weighted by molar-refractivity contribution is -0.137. The standard InChI is InChI=1S/C14H21F3N4/c1-4-18-12-7-10(14(15,16)17)8-13(19-12)21-6-5-11(9-21)20(2)3/h7-8,11H,4-6,9H2,1-3H3,(H,18,19). The summed E-state index contributed by atoms with van der Waals surface area (Å²) in [5.41, 5.74) is -0.656. The first-order valence-corrected chi connectivity index (χ1v) is 7.05. The Kier molecular flexibility index (Phi) is 4.61. The highest BCUT2D eigenvalue weighted by Gasteiger charge is 2.33. The van der Waals surface area contributed by atoms with E-state index in [2.05, 4.69) is 15.2 Å². The summed E-state index contributed by atoms with van der Waals surface area (Å²) in [7, 11) is 3.97. The minimum Gasteiger partial charge on any atom is -0.370 e. The van der Waals surface area contributed by atoms with Crippen molar-refractivity contribution in [2.75, 3.05) is 43.9 Å². The van der Waals surface area contributed by atoms with Gasteiger partial charge in [0.25, 0.3) is 0 Å². The molecule has 0 saturated carbocycles. The second-order valence-corrected chi connectivity index (χ2v) is 5.48. The molecule has 21 heavy (non-hydrogen) atoms. The van der Waals surface area contributed by atoms with Gasteiger partial charge in [-0.25, -0.2) is 4.98 Å². The maximum atomic E-state index is 13.0. The summed E-state index contributed by atoms with van der Waals surface area (Å²) >= 11 is 0. The summed E-state index contributed by atoms with van der Waals surface area (Å²) in [6.07, 6.45) is -3.43. The molecule has 1 aromatic rings. The zero-order chi connectivity index (χ0) is 15.6. The van der Waals surface area contributed by atoms with Gasteiger partial charge in [0, 0.05) is 25.7 Å². The van der Waals surface area contributed by atoms with Gasteiger partial charge in [-0.15, -0.1) is 0 Å². The molecule has 1 aliphatic rings. The quantitative estimate of drug-likeness (QED) is 0.926. The first-order valence-electron chi connectivity index (χ1n) is 7.05. The van der Waals surface area contributed by atoms with Crippen LogP contribution in [0, 0.1) is 0 Å². The molecule has 0 spiro atoms. The summed E-state index contributed by atoms with van der Waals surface area (Å²) in [6.45, 7) is 3.79. The van der Waals surface area contributed by atoms with E-state index >= 15 is 0 Å². The number of alkyl halides is 3. The molecule has 1 aromatic heterocycles. The molecule has 0 radical (unpaired) electrons. The van der Waals surface area contributed by atoms with Crippen molar-refractivity contribution in [1.82, 2.24) is 9.88 Å². The van der Waals surface area contributed by atoms with Crippen molar-refractivity contribution in [3.8, 4) is 0 Å². The van der Waals surface area contributed by atoms with Crippen molar-refractivity contribution in [3.05, 3.63) is 17.7 Å². The second kappa shape index (κ2) is 6.09. The lowest BCUT2D eigenvalue weighted by Gasteiger charge is -2.22. The van der Waals surface area contributed by atoms with Crippen LogP contribution < -0.4 is 10.2 Å². The van der Waals surface area contributed by atoms with Gasteiger partial charge in [-0.3, -0.25) is 0 Å². The van der Waals surface area contributed by atoms with Crippen molar-refractivity contribution >= 4 is 11.6 Å². The number of halogens is 3. The number of hydrogen-bond acceptors (Lipinski definition) is 4. The molecule has 0 bridgehead atoms. The Bertz CT molecular complexity index is 488.